The number of hydrogen-bond donors (Lipinski definition) is 2. The van der Waals surface area contributed by atoms with E-state index in [1.165, 1.54) is 6.07 Å². The van der Waals surface area contributed by atoms with E-state index in [0.29, 0.717) is 42.2 Å². The van der Waals surface area contributed by atoms with Crippen LogP contribution < -0.4 is 10.6 Å². The van der Waals surface area contributed by atoms with Gasteiger partial charge in [0.2, 0.25) is 5.91 Å². The molecule has 2 heterocycles. The van der Waals surface area contributed by atoms with E-state index in [0.717, 1.165) is 12.1 Å². The van der Waals surface area contributed by atoms with E-state index in [4.69, 9.17) is 11.6 Å². The van der Waals surface area contributed by atoms with E-state index in [9.17, 15) is 18.4 Å². The lowest BCUT2D eigenvalue weighted by Crippen LogP contribution is -2.52. The summed E-state index contributed by atoms with van der Waals surface area (Å²) in [5.41, 5.74) is 0.556. The van der Waals surface area contributed by atoms with Crippen LogP contribution in [0.4, 0.5) is 14.5 Å². The van der Waals surface area contributed by atoms with Gasteiger partial charge in [0.25, 0.3) is 5.91 Å². The average Bonchev–Trinajstić information content (AvgIpc) is 3.03. The third kappa shape index (κ3) is 4.34. The normalized spacial score (nSPS) is 18.2. The minimum atomic E-state index is -1.02. The Kier molecular flexibility index (Phi) is 5.53. The van der Waals surface area contributed by atoms with Crippen molar-refractivity contribution >= 4 is 34.8 Å². The van der Waals surface area contributed by atoms with Gasteiger partial charge in [0.15, 0.2) is 11.6 Å². The number of nitrogens with one attached hydrogen (secondary N) is 2. The highest BCUT2D eigenvalue weighted by Gasteiger charge is 2.42. The van der Waals surface area contributed by atoms with Gasteiger partial charge in [0.05, 0.1) is 6.54 Å². The van der Waals surface area contributed by atoms with E-state index >= 15 is 0 Å². The summed E-state index contributed by atoms with van der Waals surface area (Å²) in [6.07, 6.45) is 1.11. The Balaban J connectivity index is 1.36. The van der Waals surface area contributed by atoms with Crippen molar-refractivity contribution in [1.82, 2.24) is 10.2 Å². The van der Waals surface area contributed by atoms with Crippen LogP contribution in [0.1, 0.15) is 18.4 Å². The SMILES string of the molecule is O=C(CN1CCC2(CC1)N=C(c1cccc(Cl)c1)C(=O)N2)Nc1ccc(F)c(F)c1. The highest BCUT2D eigenvalue weighted by molar-refractivity contribution is 6.47. The summed E-state index contributed by atoms with van der Waals surface area (Å²) in [7, 11) is 0. The number of carbonyl (C=O) groups is 2. The maximum atomic E-state index is 13.3. The second-order valence-corrected chi connectivity index (χ2v) is 7.85. The maximum absolute atomic E-state index is 13.3. The first kappa shape index (κ1) is 20.4. The van der Waals surface area contributed by atoms with Crippen LogP contribution in [0, 0.1) is 11.6 Å². The van der Waals surface area contributed by atoms with Crippen LogP contribution in [-0.2, 0) is 9.59 Å². The minimum Gasteiger partial charge on any atom is -0.326 e. The Labute approximate surface area is 176 Å². The monoisotopic (exact) mass is 432 g/mol. The van der Waals surface area contributed by atoms with Gasteiger partial charge in [-0.1, -0.05) is 23.7 Å². The van der Waals surface area contributed by atoms with Gasteiger partial charge in [-0.25, -0.2) is 8.78 Å². The van der Waals surface area contributed by atoms with Crippen LogP contribution in [-0.4, -0.2) is 47.7 Å². The number of halogens is 3. The Morgan fingerprint density at radius 1 is 1.17 bits per heavy atom. The topological polar surface area (TPSA) is 73.8 Å². The molecule has 0 saturated carbocycles. The van der Waals surface area contributed by atoms with Crippen molar-refractivity contribution in [2.45, 2.75) is 18.5 Å². The van der Waals surface area contributed by atoms with E-state index in [1.807, 2.05) is 4.90 Å². The molecule has 0 atom stereocenters. The number of piperidine rings is 1. The lowest BCUT2D eigenvalue weighted by atomic mass is 9.98. The Hall–Kier alpha value is -2.84. The third-order valence-electron chi connectivity index (χ3n) is 5.24. The smallest absolute Gasteiger partial charge is 0.272 e. The summed E-state index contributed by atoms with van der Waals surface area (Å²) in [4.78, 5) is 31.3. The number of nitrogens with zero attached hydrogens (tertiary/aromatic N) is 2. The molecule has 0 radical (unpaired) electrons. The molecule has 1 saturated heterocycles. The lowest BCUT2D eigenvalue weighted by Gasteiger charge is -2.36. The first-order chi connectivity index (χ1) is 14.3. The van der Waals surface area contributed by atoms with Gasteiger partial charge in [0, 0.05) is 48.3 Å². The van der Waals surface area contributed by atoms with Gasteiger partial charge in [-0.15, -0.1) is 0 Å². The molecule has 1 fully saturated rings. The van der Waals surface area contributed by atoms with Gasteiger partial charge >= 0.3 is 0 Å². The van der Waals surface area contributed by atoms with Gasteiger partial charge in [-0.05, 0) is 24.3 Å². The summed E-state index contributed by atoms with van der Waals surface area (Å²) in [6.45, 7) is 1.21. The molecule has 4 rings (SSSR count). The molecule has 0 bridgehead atoms. The Bertz CT molecular complexity index is 1040. The summed E-state index contributed by atoms with van der Waals surface area (Å²) in [6, 6.07) is 10.2. The fraction of sp³-hybridized carbons (Fsp3) is 0.286. The fourth-order valence-electron chi connectivity index (χ4n) is 3.69. The lowest BCUT2D eigenvalue weighted by molar-refractivity contribution is -0.119. The first-order valence-electron chi connectivity index (χ1n) is 9.49. The molecule has 2 aliphatic heterocycles. The average molecular weight is 433 g/mol. The van der Waals surface area contributed by atoms with Crippen LogP contribution in [0.2, 0.25) is 5.02 Å². The quantitative estimate of drug-likeness (QED) is 0.780. The molecule has 0 unspecified atom stereocenters. The van der Waals surface area contributed by atoms with E-state index in [2.05, 4.69) is 15.6 Å². The first-order valence-corrected chi connectivity index (χ1v) is 9.87. The molecule has 1 spiro atoms. The molecule has 2 amide bonds. The van der Waals surface area contributed by atoms with Crippen molar-refractivity contribution in [3.8, 4) is 0 Å². The molecule has 2 aromatic carbocycles. The van der Waals surface area contributed by atoms with Crippen LogP contribution >= 0.6 is 11.6 Å². The van der Waals surface area contributed by atoms with Crippen molar-refractivity contribution in [3.05, 3.63) is 64.7 Å². The molecule has 0 aliphatic carbocycles. The number of carbonyl (C=O) groups excluding carboxylic acids is 2. The zero-order chi connectivity index (χ0) is 21.3. The minimum absolute atomic E-state index is 0.105. The second-order valence-electron chi connectivity index (χ2n) is 7.41. The summed E-state index contributed by atoms with van der Waals surface area (Å²) >= 11 is 6.02. The number of benzene rings is 2. The second kappa shape index (κ2) is 8.12. The van der Waals surface area contributed by atoms with E-state index in [1.54, 1.807) is 24.3 Å². The van der Waals surface area contributed by atoms with Gasteiger partial charge in [-0.3, -0.25) is 19.5 Å². The molecule has 6 nitrogen and oxygen atoms in total. The van der Waals surface area contributed by atoms with Crippen LogP contribution in [0.15, 0.2) is 47.5 Å². The van der Waals surface area contributed by atoms with Crippen LogP contribution in [0.25, 0.3) is 0 Å². The molecular weight excluding hydrogens is 414 g/mol. The van der Waals surface area contributed by atoms with Gasteiger partial charge in [0.1, 0.15) is 11.4 Å². The number of aliphatic imine (C=N–C) groups is 1. The Morgan fingerprint density at radius 3 is 2.63 bits per heavy atom. The number of anilines is 1. The van der Waals surface area contributed by atoms with Crippen molar-refractivity contribution in [1.29, 1.82) is 0 Å². The predicted octanol–water partition coefficient (Wildman–Crippen LogP) is 2.97. The molecule has 2 N–H and O–H groups in total. The predicted molar refractivity (Wildman–Crippen MR) is 110 cm³/mol. The largest absolute Gasteiger partial charge is 0.326 e. The van der Waals surface area contributed by atoms with E-state index < -0.39 is 17.3 Å². The van der Waals surface area contributed by atoms with Gasteiger partial charge < -0.3 is 10.6 Å². The summed E-state index contributed by atoms with van der Waals surface area (Å²) < 4.78 is 26.3. The number of likely N-dealkylation sites (tertiary alicyclic amines) is 1. The highest BCUT2D eigenvalue weighted by Crippen LogP contribution is 2.29. The van der Waals surface area contributed by atoms with Crippen LogP contribution in [0.5, 0.6) is 0 Å². The van der Waals surface area contributed by atoms with Crippen molar-refractivity contribution in [2.75, 3.05) is 25.0 Å². The van der Waals surface area contributed by atoms with Crippen molar-refractivity contribution < 1.29 is 18.4 Å². The number of amides is 2. The number of rotatable bonds is 4. The molecular formula is C21H19ClF2N4O2. The van der Waals surface area contributed by atoms with Crippen molar-refractivity contribution in [3.63, 3.8) is 0 Å². The summed E-state index contributed by atoms with van der Waals surface area (Å²) in [5, 5.41) is 6.07. The summed E-state index contributed by atoms with van der Waals surface area (Å²) in [5.74, 6) is -2.54. The standard InChI is InChI=1S/C21H19ClF2N4O2/c22-14-3-1-2-13(10-14)19-20(30)27-21(26-19)6-8-28(9-7-21)12-18(29)25-15-4-5-16(23)17(24)11-15/h1-5,10-11H,6-9,12H2,(H,25,29)(H,27,30). The highest BCUT2D eigenvalue weighted by atomic mass is 35.5. The molecule has 0 aromatic heterocycles. The van der Waals surface area contributed by atoms with Crippen LogP contribution in [0.3, 0.4) is 0 Å². The van der Waals surface area contributed by atoms with Crippen molar-refractivity contribution in [2.24, 2.45) is 4.99 Å². The zero-order valence-electron chi connectivity index (χ0n) is 15.9. The molecule has 2 aliphatic rings. The molecule has 156 valence electrons. The van der Waals surface area contributed by atoms with E-state index in [-0.39, 0.29) is 24.0 Å². The zero-order valence-corrected chi connectivity index (χ0v) is 16.7. The number of hydrogen-bond acceptors (Lipinski definition) is 4. The fourth-order valence-corrected chi connectivity index (χ4v) is 3.88. The molecule has 2 aromatic rings. The molecule has 9 heteroatoms. The third-order valence-corrected chi connectivity index (χ3v) is 5.47. The Morgan fingerprint density at radius 2 is 1.93 bits per heavy atom. The van der Waals surface area contributed by atoms with Gasteiger partial charge in [-0.2, -0.15) is 0 Å². The maximum Gasteiger partial charge on any atom is 0.272 e. The molecule has 30 heavy (non-hydrogen) atoms.